The number of rotatable bonds is 4. The Hall–Kier alpha value is -2.26. The van der Waals surface area contributed by atoms with Crippen molar-refractivity contribution >= 4 is 17.7 Å². The highest BCUT2D eigenvalue weighted by molar-refractivity contribution is 6.28. The summed E-state index contributed by atoms with van der Waals surface area (Å²) in [6.07, 6.45) is 3.41. The molecule has 1 aliphatic heterocycles. The average Bonchev–Trinajstić information content (AvgIpc) is 3.03. The zero-order chi connectivity index (χ0) is 16.2. The summed E-state index contributed by atoms with van der Waals surface area (Å²) in [7, 11) is 0. The van der Waals surface area contributed by atoms with Gasteiger partial charge >= 0.3 is 6.09 Å². The van der Waals surface area contributed by atoms with Crippen molar-refractivity contribution in [2.75, 3.05) is 13.1 Å². The van der Waals surface area contributed by atoms with Crippen LogP contribution in [0.1, 0.15) is 18.7 Å². The molecule has 1 saturated heterocycles. The van der Waals surface area contributed by atoms with E-state index in [1.165, 1.54) is 17.3 Å². The fraction of sp³-hybridized carbons (Fsp3) is 0.462. The van der Waals surface area contributed by atoms with Crippen LogP contribution in [0, 0.1) is 0 Å². The van der Waals surface area contributed by atoms with E-state index in [0.29, 0.717) is 43.2 Å². The lowest BCUT2D eigenvalue weighted by atomic mass is 10.1. The van der Waals surface area contributed by atoms with Gasteiger partial charge in [0.05, 0.1) is 11.7 Å². The molecule has 1 N–H and O–H groups in total. The van der Waals surface area contributed by atoms with Crippen LogP contribution in [0.4, 0.5) is 4.79 Å². The van der Waals surface area contributed by atoms with E-state index in [-0.39, 0.29) is 18.0 Å². The van der Waals surface area contributed by atoms with Gasteiger partial charge in [-0.15, -0.1) is 0 Å². The first-order chi connectivity index (χ1) is 11.1. The minimum atomic E-state index is -0.893. The van der Waals surface area contributed by atoms with Crippen molar-refractivity contribution < 1.29 is 19.2 Å². The molecule has 3 heterocycles. The topological polar surface area (TPSA) is 114 Å². The van der Waals surface area contributed by atoms with Crippen molar-refractivity contribution in [1.29, 1.82) is 0 Å². The number of piperidine rings is 1. The van der Waals surface area contributed by atoms with Gasteiger partial charge in [-0.3, -0.25) is 0 Å². The Kier molecular flexibility index (Phi) is 4.68. The van der Waals surface area contributed by atoms with Gasteiger partial charge in [0, 0.05) is 25.5 Å². The molecule has 1 amide bonds. The summed E-state index contributed by atoms with van der Waals surface area (Å²) in [6.45, 7) is 1.12. The van der Waals surface area contributed by atoms with Gasteiger partial charge in [0.2, 0.25) is 11.1 Å². The summed E-state index contributed by atoms with van der Waals surface area (Å²) >= 11 is 5.62. The second-order valence-electron chi connectivity index (χ2n) is 5.03. The van der Waals surface area contributed by atoms with E-state index in [0.717, 1.165) is 0 Å². The number of ether oxygens (including phenoxy) is 1. The summed E-state index contributed by atoms with van der Waals surface area (Å²) in [5.41, 5.74) is 0.596. The number of carbonyl (C=O) groups is 1. The largest absolute Gasteiger partial charge is 0.465 e. The molecule has 0 unspecified atom stereocenters. The number of amides is 1. The van der Waals surface area contributed by atoms with Crippen LogP contribution in [0.5, 0.6) is 0 Å². The molecule has 0 aromatic carbocycles. The average molecular weight is 340 g/mol. The second kappa shape index (κ2) is 6.88. The molecule has 1 fully saturated rings. The van der Waals surface area contributed by atoms with E-state index in [2.05, 4.69) is 20.1 Å². The molecule has 122 valence electrons. The molecule has 0 atom stereocenters. The molecule has 0 bridgehead atoms. The van der Waals surface area contributed by atoms with E-state index < -0.39 is 6.09 Å². The summed E-state index contributed by atoms with van der Waals surface area (Å²) in [5.74, 6) is 0.705. The van der Waals surface area contributed by atoms with Crippen LogP contribution in [0.15, 0.2) is 16.9 Å². The molecule has 10 heteroatoms. The molecule has 0 radical (unpaired) electrons. The van der Waals surface area contributed by atoms with E-state index in [1.54, 1.807) is 0 Å². The molecule has 2 aromatic heterocycles. The molecule has 3 rings (SSSR count). The van der Waals surface area contributed by atoms with Gasteiger partial charge in [0.25, 0.3) is 5.89 Å². The van der Waals surface area contributed by atoms with Gasteiger partial charge in [0.15, 0.2) is 0 Å². The van der Waals surface area contributed by atoms with Crippen LogP contribution in [0.3, 0.4) is 0 Å². The Morgan fingerprint density at radius 1 is 1.39 bits per heavy atom. The minimum absolute atomic E-state index is 0.0141. The predicted octanol–water partition coefficient (Wildman–Crippen LogP) is 1.84. The van der Waals surface area contributed by atoms with Gasteiger partial charge in [-0.05, 0) is 24.4 Å². The fourth-order valence-corrected chi connectivity index (χ4v) is 2.36. The van der Waals surface area contributed by atoms with Gasteiger partial charge < -0.3 is 19.3 Å². The third-order valence-corrected chi connectivity index (χ3v) is 3.70. The normalized spacial score (nSPS) is 15.8. The monoisotopic (exact) mass is 339 g/mol. The Labute approximate surface area is 136 Å². The summed E-state index contributed by atoms with van der Waals surface area (Å²) in [4.78, 5) is 24.1. The van der Waals surface area contributed by atoms with Gasteiger partial charge in [-0.2, -0.15) is 4.98 Å². The Balaban J connectivity index is 1.52. The molecule has 23 heavy (non-hydrogen) atoms. The smallest absolute Gasteiger partial charge is 0.407 e. The van der Waals surface area contributed by atoms with Gasteiger partial charge in [-0.1, -0.05) is 5.16 Å². The molecule has 0 aliphatic carbocycles. The van der Waals surface area contributed by atoms with Crippen LogP contribution in [-0.2, 0) is 11.3 Å². The highest BCUT2D eigenvalue weighted by Gasteiger charge is 2.23. The molecular formula is C13H14ClN5O4. The van der Waals surface area contributed by atoms with Crippen LogP contribution in [0.2, 0.25) is 5.28 Å². The van der Waals surface area contributed by atoms with Crippen molar-refractivity contribution in [3.63, 3.8) is 0 Å². The van der Waals surface area contributed by atoms with E-state index in [9.17, 15) is 4.79 Å². The first kappa shape index (κ1) is 15.6. The maximum atomic E-state index is 10.8. The maximum Gasteiger partial charge on any atom is 0.407 e. The number of hydrogen-bond acceptors (Lipinski definition) is 7. The second-order valence-corrected chi connectivity index (χ2v) is 5.37. The summed E-state index contributed by atoms with van der Waals surface area (Å²) < 4.78 is 10.8. The highest BCUT2D eigenvalue weighted by Crippen LogP contribution is 2.18. The molecule has 2 aromatic rings. The van der Waals surface area contributed by atoms with E-state index in [4.69, 9.17) is 26.0 Å². The third-order valence-electron chi connectivity index (χ3n) is 3.50. The molecular weight excluding hydrogens is 326 g/mol. The standard InChI is InChI=1S/C13H14ClN5O4/c14-12-15-5-8(6-16-12)11-17-10(23-18-11)7-22-9-1-3-19(4-2-9)13(20)21/h5-6,9H,1-4,7H2,(H,20,21). The van der Waals surface area contributed by atoms with Crippen molar-refractivity contribution in [3.05, 3.63) is 23.6 Å². The summed E-state index contributed by atoms with van der Waals surface area (Å²) in [6, 6.07) is 0. The van der Waals surface area contributed by atoms with Crippen LogP contribution in [-0.4, -0.2) is 55.4 Å². The number of halogens is 1. The van der Waals surface area contributed by atoms with Crippen LogP contribution in [0.25, 0.3) is 11.4 Å². The fourth-order valence-electron chi connectivity index (χ4n) is 2.26. The first-order valence-electron chi connectivity index (χ1n) is 7.02. The van der Waals surface area contributed by atoms with Crippen molar-refractivity contribution in [2.45, 2.75) is 25.6 Å². The SMILES string of the molecule is O=C(O)N1CCC(OCc2nc(-c3cnc(Cl)nc3)no2)CC1. The highest BCUT2D eigenvalue weighted by atomic mass is 35.5. The molecule has 1 aliphatic rings. The van der Waals surface area contributed by atoms with E-state index >= 15 is 0 Å². The Morgan fingerprint density at radius 2 is 2.09 bits per heavy atom. The number of nitrogens with zero attached hydrogens (tertiary/aromatic N) is 5. The molecule has 0 spiro atoms. The van der Waals surface area contributed by atoms with Crippen molar-refractivity contribution in [2.24, 2.45) is 0 Å². The lowest BCUT2D eigenvalue weighted by Crippen LogP contribution is -2.40. The Bertz CT molecular complexity index is 669. The van der Waals surface area contributed by atoms with Crippen molar-refractivity contribution in [1.82, 2.24) is 25.0 Å². The maximum absolute atomic E-state index is 10.8. The number of likely N-dealkylation sites (tertiary alicyclic amines) is 1. The van der Waals surface area contributed by atoms with Crippen LogP contribution < -0.4 is 0 Å². The minimum Gasteiger partial charge on any atom is -0.465 e. The summed E-state index contributed by atoms with van der Waals surface area (Å²) in [5, 5.41) is 12.9. The molecule has 0 saturated carbocycles. The van der Waals surface area contributed by atoms with Gasteiger partial charge in [-0.25, -0.2) is 14.8 Å². The number of carboxylic acid groups (broad SMARTS) is 1. The zero-order valence-electron chi connectivity index (χ0n) is 12.1. The number of hydrogen-bond donors (Lipinski definition) is 1. The Morgan fingerprint density at radius 3 is 2.74 bits per heavy atom. The van der Waals surface area contributed by atoms with Crippen LogP contribution >= 0.6 is 11.6 Å². The quantitative estimate of drug-likeness (QED) is 0.839. The van der Waals surface area contributed by atoms with Gasteiger partial charge in [0.1, 0.15) is 6.61 Å². The first-order valence-corrected chi connectivity index (χ1v) is 7.39. The lowest BCUT2D eigenvalue weighted by molar-refractivity contribution is -0.00953. The predicted molar refractivity (Wildman–Crippen MR) is 77.7 cm³/mol. The third kappa shape index (κ3) is 3.93. The number of aromatic nitrogens is 4. The zero-order valence-corrected chi connectivity index (χ0v) is 12.8. The lowest BCUT2D eigenvalue weighted by Gasteiger charge is -2.29. The molecule has 9 nitrogen and oxygen atoms in total. The van der Waals surface area contributed by atoms with Crippen molar-refractivity contribution in [3.8, 4) is 11.4 Å². The van der Waals surface area contributed by atoms with E-state index in [1.807, 2.05) is 0 Å².